The van der Waals surface area contributed by atoms with Gasteiger partial charge in [-0.15, -0.1) is 0 Å². The van der Waals surface area contributed by atoms with Crippen molar-refractivity contribution in [1.82, 2.24) is 5.32 Å². The molecule has 0 aliphatic carbocycles. The predicted octanol–water partition coefficient (Wildman–Crippen LogP) is -0.460. The Hall–Kier alpha value is -1.34. The number of allylic oxidation sites excluding steroid dienone is 1. The highest BCUT2D eigenvalue weighted by Gasteiger charge is 2.09. The number of carbonyl (C=O) groups excluding carboxylic acids is 1. The van der Waals surface area contributed by atoms with Crippen LogP contribution >= 0.6 is 0 Å². The molecule has 0 amide bonds. The van der Waals surface area contributed by atoms with E-state index in [2.05, 4.69) is 5.32 Å². The van der Waals surface area contributed by atoms with Crippen molar-refractivity contribution in [2.24, 2.45) is 0 Å². The van der Waals surface area contributed by atoms with Crippen molar-refractivity contribution in [3.63, 3.8) is 0 Å². The number of hydrogen-bond acceptors (Lipinski definition) is 4. The summed E-state index contributed by atoms with van der Waals surface area (Å²) >= 11 is 0. The monoisotopic (exact) mass is 138 g/mol. The maximum atomic E-state index is 10.2. The molecule has 0 spiro atoms. The second-order valence-electron chi connectivity index (χ2n) is 1.80. The average Bonchev–Trinajstić information content (AvgIpc) is 2.04. The third-order valence-electron chi connectivity index (χ3n) is 1.18. The predicted molar refractivity (Wildman–Crippen MR) is 32.7 cm³/mol. The SMILES string of the molecule is N#CC1=C(C=O)COCN1. The summed E-state index contributed by atoms with van der Waals surface area (Å²) in [7, 11) is 0. The van der Waals surface area contributed by atoms with Crippen LogP contribution in [0.15, 0.2) is 11.3 Å². The number of nitrogens with one attached hydrogen (secondary N) is 1. The van der Waals surface area contributed by atoms with Gasteiger partial charge in [-0.3, -0.25) is 4.79 Å². The van der Waals surface area contributed by atoms with Crippen LogP contribution in [-0.2, 0) is 9.53 Å². The van der Waals surface area contributed by atoms with Gasteiger partial charge in [-0.25, -0.2) is 0 Å². The number of ether oxygens (including phenoxy) is 1. The summed E-state index contributed by atoms with van der Waals surface area (Å²) in [6.45, 7) is 0.541. The highest BCUT2D eigenvalue weighted by Crippen LogP contribution is 2.02. The Balaban J connectivity index is 2.85. The van der Waals surface area contributed by atoms with Gasteiger partial charge in [-0.1, -0.05) is 0 Å². The second-order valence-corrected chi connectivity index (χ2v) is 1.80. The van der Waals surface area contributed by atoms with Crippen molar-refractivity contribution >= 4 is 6.29 Å². The minimum Gasteiger partial charge on any atom is -0.356 e. The van der Waals surface area contributed by atoms with Crippen LogP contribution in [0.1, 0.15) is 0 Å². The van der Waals surface area contributed by atoms with E-state index in [9.17, 15) is 4.79 Å². The molecule has 0 atom stereocenters. The zero-order valence-electron chi connectivity index (χ0n) is 5.26. The van der Waals surface area contributed by atoms with Crippen molar-refractivity contribution in [1.29, 1.82) is 5.26 Å². The molecule has 0 bridgehead atoms. The first-order valence-electron chi connectivity index (χ1n) is 2.78. The molecule has 1 aliphatic rings. The fraction of sp³-hybridized carbons (Fsp3) is 0.333. The number of carbonyl (C=O) groups is 1. The van der Waals surface area contributed by atoms with Gasteiger partial charge in [0, 0.05) is 0 Å². The van der Waals surface area contributed by atoms with Crippen LogP contribution in [0.3, 0.4) is 0 Å². The molecule has 0 unspecified atom stereocenters. The highest BCUT2D eigenvalue weighted by molar-refractivity contribution is 5.76. The van der Waals surface area contributed by atoms with E-state index < -0.39 is 0 Å². The normalized spacial score (nSPS) is 17.5. The minimum atomic E-state index is 0.236. The Morgan fingerprint density at radius 3 is 3.10 bits per heavy atom. The van der Waals surface area contributed by atoms with Gasteiger partial charge in [-0.2, -0.15) is 5.26 Å². The maximum absolute atomic E-state index is 10.2. The third kappa shape index (κ3) is 1.14. The number of nitriles is 1. The van der Waals surface area contributed by atoms with Gasteiger partial charge in [0.05, 0.1) is 12.2 Å². The molecule has 1 rings (SSSR count). The van der Waals surface area contributed by atoms with Gasteiger partial charge >= 0.3 is 0 Å². The fourth-order valence-corrected chi connectivity index (χ4v) is 0.674. The largest absolute Gasteiger partial charge is 0.356 e. The van der Waals surface area contributed by atoms with Crippen LogP contribution in [-0.4, -0.2) is 19.6 Å². The fourth-order valence-electron chi connectivity index (χ4n) is 0.674. The van der Waals surface area contributed by atoms with E-state index in [4.69, 9.17) is 10.00 Å². The summed E-state index contributed by atoms with van der Waals surface area (Å²) in [5.74, 6) is 0. The Kier molecular flexibility index (Phi) is 2.03. The van der Waals surface area contributed by atoms with Gasteiger partial charge < -0.3 is 10.1 Å². The number of aldehydes is 1. The van der Waals surface area contributed by atoms with Gasteiger partial charge in [0.2, 0.25) is 0 Å². The second kappa shape index (κ2) is 2.99. The van der Waals surface area contributed by atoms with Crippen LogP contribution < -0.4 is 5.32 Å². The average molecular weight is 138 g/mol. The molecule has 1 N–H and O–H groups in total. The molecule has 0 aromatic heterocycles. The molecule has 0 fully saturated rings. The molecule has 0 aromatic carbocycles. The molecule has 0 aromatic rings. The molecular formula is C6H6N2O2. The van der Waals surface area contributed by atoms with E-state index in [0.29, 0.717) is 24.3 Å². The molecule has 0 saturated heterocycles. The van der Waals surface area contributed by atoms with Gasteiger partial charge in [-0.05, 0) is 0 Å². The van der Waals surface area contributed by atoms with Crippen LogP contribution in [0.5, 0.6) is 0 Å². The van der Waals surface area contributed by atoms with Crippen LogP contribution in [0, 0.1) is 11.3 Å². The summed E-state index contributed by atoms with van der Waals surface area (Å²) in [4.78, 5) is 10.2. The summed E-state index contributed by atoms with van der Waals surface area (Å²) in [5, 5.41) is 11.0. The number of rotatable bonds is 1. The minimum absolute atomic E-state index is 0.236. The summed E-state index contributed by atoms with van der Waals surface area (Å²) in [6.07, 6.45) is 0.630. The summed E-state index contributed by atoms with van der Waals surface area (Å²) in [5.41, 5.74) is 0.704. The molecule has 52 valence electrons. The molecule has 4 nitrogen and oxygen atoms in total. The van der Waals surface area contributed by atoms with E-state index in [1.807, 2.05) is 6.07 Å². The van der Waals surface area contributed by atoms with Crippen molar-refractivity contribution < 1.29 is 9.53 Å². The Bertz CT molecular complexity index is 214. The lowest BCUT2D eigenvalue weighted by atomic mass is 10.2. The highest BCUT2D eigenvalue weighted by atomic mass is 16.5. The van der Waals surface area contributed by atoms with E-state index in [0.717, 1.165) is 0 Å². The van der Waals surface area contributed by atoms with E-state index >= 15 is 0 Å². The number of hydrogen-bond donors (Lipinski definition) is 1. The van der Waals surface area contributed by atoms with Crippen molar-refractivity contribution in [2.45, 2.75) is 0 Å². The van der Waals surface area contributed by atoms with E-state index in [1.54, 1.807) is 0 Å². The van der Waals surface area contributed by atoms with E-state index in [-0.39, 0.29) is 6.61 Å². The standard InChI is InChI=1S/C6H6N2O2/c7-1-6-5(2-9)3-10-4-8-6/h2,8H,3-4H2. The Morgan fingerprint density at radius 1 is 1.80 bits per heavy atom. The zero-order valence-corrected chi connectivity index (χ0v) is 5.26. The van der Waals surface area contributed by atoms with Crippen LogP contribution in [0.25, 0.3) is 0 Å². The maximum Gasteiger partial charge on any atom is 0.151 e. The summed E-state index contributed by atoms with van der Waals surface area (Å²) in [6, 6.07) is 1.86. The van der Waals surface area contributed by atoms with Gasteiger partial charge in [0.15, 0.2) is 6.29 Å². The van der Waals surface area contributed by atoms with Crippen molar-refractivity contribution in [2.75, 3.05) is 13.3 Å². The molecular weight excluding hydrogens is 132 g/mol. The third-order valence-corrected chi connectivity index (χ3v) is 1.18. The lowest BCUT2D eigenvalue weighted by Gasteiger charge is -2.13. The van der Waals surface area contributed by atoms with Crippen LogP contribution in [0.2, 0.25) is 0 Å². The first kappa shape index (κ1) is 6.78. The number of nitrogens with zero attached hydrogens (tertiary/aromatic N) is 1. The smallest absolute Gasteiger partial charge is 0.151 e. The van der Waals surface area contributed by atoms with E-state index in [1.165, 1.54) is 0 Å². The molecule has 10 heavy (non-hydrogen) atoms. The molecule has 1 aliphatic heterocycles. The zero-order chi connectivity index (χ0) is 7.40. The van der Waals surface area contributed by atoms with Gasteiger partial charge in [0.1, 0.15) is 18.5 Å². The van der Waals surface area contributed by atoms with Crippen molar-refractivity contribution in [3.8, 4) is 6.07 Å². The van der Waals surface area contributed by atoms with Crippen molar-refractivity contribution in [3.05, 3.63) is 11.3 Å². The topological polar surface area (TPSA) is 62.1 Å². The first-order chi connectivity index (χ1) is 4.88. The lowest BCUT2D eigenvalue weighted by molar-refractivity contribution is -0.105. The Morgan fingerprint density at radius 2 is 2.60 bits per heavy atom. The van der Waals surface area contributed by atoms with Crippen LogP contribution in [0.4, 0.5) is 0 Å². The Labute approximate surface area is 58.1 Å². The lowest BCUT2D eigenvalue weighted by Crippen LogP contribution is -2.26. The van der Waals surface area contributed by atoms with Gasteiger partial charge in [0.25, 0.3) is 0 Å². The first-order valence-corrected chi connectivity index (χ1v) is 2.78. The molecule has 0 saturated carbocycles. The summed E-state index contributed by atoms with van der Waals surface area (Å²) < 4.78 is 4.85. The molecule has 4 heteroatoms. The quantitative estimate of drug-likeness (QED) is 0.498. The molecule has 1 heterocycles. The molecule has 0 radical (unpaired) electrons.